The lowest BCUT2D eigenvalue weighted by molar-refractivity contribution is 0.138. The van der Waals surface area contributed by atoms with Crippen LogP contribution in [0.3, 0.4) is 0 Å². The van der Waals surface area contributed by atoms with E-state index in [4.69, 9.17) is 9.47 Å². The van der Waals surface area contributed by atoms with E-state index in [0.717, 1.165) is 38.5 Å². The molecule has 110 valence electrons. The van der Waals surface area contributed by atoms with E-state index in [1.54, 1.807) is 0 Å². The summed E-state index contributed by atoms with van der Waals surface area (Å²) >= 11 is 0. The van der Waals surface area contributed by atoms with Gasteiger partial charge in [-0.15, -0.1) is 0 Å². The van der Waals surface area contributed by atoms with E-state index >= 15 is 0 Å². The number of hydrogen-bond acceptors (Lipinski definition) is 3. The standard InChI is InChI=1S/C17H25NO2/c1-17(2)9-15-8-13(4-5-16(15)20-17)10-18(3)11-14-6-7-19-12-14/h4-5,8,14H,6-7,9-12H2,1-3H3. The van der Waals surface area contributed by atoms with Crippen molar-refractivity contribution in [1.29, 1.82) is 0 Å². The van der Waals surface area contributed by atoms with Crippen molar-refractivity contribution in [1.82, 2.24) is 4.90 Å². The largest absolute Gasteiger partial charge is 0.487 e. The summed E-state index contributed by atoms with van der Waals surface area (Å²) in [7, 11) is 2.20. The fourth-order valence-corrected chi connectivity index (χ4v) is 3.31. The lowest BCUT2D eigenvalue weighted by Crippen LogP contribution is -2.25. The molecule has 3 nitrogen and oxygen atoms in total. The van der Waals surface area contributed by atoms with Crippen molar-refractivity contribution >= 4 is 0 Å². The second kappa shape index (κ2) is 5.38. The Morgan fingerprint density at radius 2 is 2.20 bits per heavy atom. The summed E-state index contributed by atoms with van der Waals surface area (Å²) in [6.07, 6.45) is 2.22. The second-order valence-electron chi connectivity index (χ2n) is 6.91. The minimum Gasteiger partial charge on any atom is -0.487 e. The monoisotopic (exact) mass is 275 g/mol. The van der Waals surface area contributed by atoms with Crippen LogP contribution in [0.25, 0.3) is 0 Å². The normalized spacial score (nSPS) is 23.9. The molecule has 0 bridgehead atoms. The Kier molecular flexibility index (Phi) is 3.74. The first kappa shape index (κ1) is 13.9. The number of fused-ring (bicyclic) bond motifs is 1. The van der Waals surface area contributed by atoms with Crippen LogP contribution in [0.5, 0.6) is 5.75 Å². The Balaban J connectivity index is 1.61. The molecule has 20 heavy (non-hydrogen) atoms. The van der Waals surface area contributed by atoms with E-state index in [2.05, 4.69) is 44.0 Å². The molecule has 3 rings (SSSR count). The lowest BCUT2D eigenvalue weighted by atomic mass is 10.00. The van der Waals surface area contributed by atoms with Crippen LogP contribution in [0.4, 0.5) is 0 Å². The van der Waals surface area contributed by atoms with Gasteiger partial charge in [-0.05, 0) is 50.4 Å². The number of rotatable bonds is 4. The van der Waals surface area contributed by atoms with Gasteiger partial charge in [0.05, 0.1) is 6.61 Å². The van der Waals surface area contributed by atoms with Gasteiger partial charge in [0.15, 0.2) is 0 Å². The molecule has 0 spiro atoms. The molecular weight excluding hydrogens is 250 g/mol. The van der Waals surface area contributed by atoms with Gasteiger partial charge in [0.2, 0.25) is 0 Å². The molecule has 0 N–H and O–H groups in total. The quantitative estimate of drug-likeness (QED) is 0.843. The van der Waals surface area contributed by atoms with Crippen molar-refractivity contribution in [3.05, 3.63) is 29.3 Å². The molecule has 1 fully saturated rings. The maximum Gasteiger partial charge on any atom is 0.123 e. The molecule has 0 aliphatic carbocycles. The maximum atomic E-state index is 5.93. The molecule has 2 aliphatic rings. The Hall–Kier alpha value is -1.06. The van der Waals surface area contributed by atoms with Crippen molar-refractivity contribution in [2.75, 3.05) is 26.8 Å². The van der Waals surface area contributed by atoms with E-state index in [1.807, 2.05) is 0 Å². The fourth-order valence-electron chi connectivity index (χ4n) is 3.31. The smallest absolute Gasteiger partial charge is 0.123 e. The predicted octanol–water partition coefficient (Wildman–Crippen LogP) is 2.87. The van der Waals surface area contributed by atoms with E-state index < -0.39 is 0 Å². The van der Waals surface area contributed by atoms with Gasteiger partial charge < -0.3 is 14.4 Å². The minimum atomic E-state index is -0.0476. The molecule has 3 heteroatoms. The highest BCUT2D eigenvalue weighted by atomic mass is 16.5. The van der Waals surface area contributed by atoms with E-state index in [1.165, 1.54) is 17.5 Å². The van der Waals surface area contributed by atoms with Gasteiger partial charge in [0, 0.05) is 26.1 Å². The summed E-state index contributed by atoms with van der Waals surface area (Å²) in [6.45, 7) is 8.29. The van der Waals surface area contributed by atoms with Crippen LogP contribution in [0.2, 0.25) is 0 Å². The van der Waals surface area contributed by atoms with Crippen LogP contribution >= 0.6 is 0 Å². The maximum absolute atomic E-state index is 5.93. The summed E-state index contributed by atoms with van der Waals surface area (Å²) in [5.41, 5.74) is 2.69. The summed E-state index contributed by atoms with van der Waals surface area (Å²) in [6, 6.07) is 6.64. The summed E-state index contributed by atoms with van der Waals surface area (Å²) in [5.74, 6) is 1.77. The van der Waals surface area contributed by atoms with Crippen molar-refractivity contribution in [3.63, 3.8) is 0 Å². The zero-order valence-corrected chi connectivity index (χ0v) is 12.8. The molecule has 2 heterocycles. The van der Waals surface area contributed by atoms with Crippen LogP contribution in [-0.4, -0.2) is 37.3 Å². The molecule has 1 saturated heterocycles. The number of ether oxygens (including phenoxy) is 2. The highest BCUT2D eigenvalue weighted by molar-refractivity contribution is 5.41. The predicted molar refractivity (Wildman–Crippen MR) is 80.1 cm³/mol. The average molecular weight is 275 g/mol. The molecule has 2 aliphatic heterocycles. The van der Waals surface area contributed by atoms with Crippen molar-refractivity contribution in [2.45, 2.75) is 38.8 Å². The van der Waals surface area contributed by atoms with Crippen LogP contribution in [0.15, 0.2) is 18.2 Å². The van der Waals surface area contributed by atoms with Gasteiger partial charge in [-0.2, -0.15) is 0 Å². The van der Waals surface area contributed by atoms with Crippen LogP contribution in [-0.2, 0) is 17.7 Å². The molecule has 0 radical (unpaired) electrons. The molecule has 1 aromatic rings. The first-order chi connectivity index (χ1) is 9.52. The Bertz CT molecular complexity index is 478. The molecule has 1 aromatic carbocycles. The minimum absolute atomic E-state index is 0.0476. The van der Waals surface area contributed by atoms with Crippen LogP contribution in [0, 0.1) is 5.92 Å². The SMILES string of the molecule is CN(Cc1ccc2c(c1)CC(C)(C)O2)CC1CCOC1. The van der Waals surface area contributed by atoms with Gasteiger partial charge in [0.1, 0.15) is 11.4 Å². The number of nitrogens with zero attached hydrogens (tertiary/aromatic N) is 1. The third kappa shape index (κ3) is 3.15. The van der Waals surface area contributed by atoms with E-state index in [-0.39, 0.29) is 5.60 Å². The number of hydrogen-bond donors (Lipinski definition) is 0. The van der Waals surface area contributed by atoms with Crippen molar-refractivity contribution < 1.29 is 9.47 Å². The second-order valence-corrected chi connectivity index (χ2v) is 6.91. The lowest BCUT2D eigenvalue weighted by Gasteiger charge is -2.20. The zero-order valence-electron chi connectivity index (χ0n) is 12.8. The van der Waals surface area contributed by atoms with Gasteiger partial charge >= 0.3 is 0 Å². The van der Waals surface area contributed by atoms with Gasteiger partial charge in [-0.3, -0.25) is 0 Å². The highest BCUT2D eigenvalue weighted by Crippen LogP contribution is 2.35. The Labute approximate surface area is 121 Å². The van der Waals surface area contributed by atoms with E-state index in [0.29, 0.717) is 5.92 Å². The third-order valence-electron chi connectivity index (χ3n) is 4.17. The molecule has 1 atom stereocenters. The highest BCUT2D eigenvalue weighted by Gasteiger charge is 2.29. The molecule has 0 amide bonds. The molecule has 0 saturated carbocycles. The van der Waals surface area contributed by atoms with E-state index in [9.17, 15) is 0 Å². The molecule has 0 aromatic heterocycles. The third-order valence-corrected chi connectivity index (χ3v) is 4.17. The molecule has 1 unspecified atom stereocenters. The van der Waals surface area contributed by atoms with Crippen LogP contribution < -0.4 is 4.74 Å². The topological polar surface area (TPSA) is 21.7 Å². The zero-order chi connectivity index (χ0) is 14.2. The fraction of sp³-hybridized carbons (Fsp3) is 0.647. The first-order valence-electron chi connectivity index (χ1n) is 7.59. The first-order valence-corrected chi connectivity index (χ1v) is 7.59. The summed E-state index contributed by atoms with van der Waals surface area (Å²) in [4.78, 5) is 2.40. The van der Waals surface area contributed by atoms with Gasteiger partial charge in [0.25, 0.3) is 0 Å². The average Bonchev–Trinajstić information content (AvgIpc) is 2.94. The van der Waals surface area contributed by atoms with Crippen molar-refractivity contribution in [3.8, 4) is 5.75 Å². The summed E-state index contributed by atoms with van der Waals surface area (Å²) < 4.78 is 11.4. The van der Waals surface area contributed by atoms with Crippen LogP contribution in [0.1, 0.15) is 31.4 Å². The Morgan fingerprint density at radius 1 is 1.35 bits per heavy atom. The Morgan fingerprint density at radius 3 is 2.95 bits per heavy atom. The van der Waals surface area contributed by atoms with Gasteiger partial charge in [-0.25, -0.2) is 0 Å². The summed E-state index contributed by atoms with van der Waals surface area (Å²) in [5, 5.41) is 0. The molecular formula is C17H25NO2. The van der Waals surface area contributed by atoms with Crippen molar-refractivity contribution in [2.24, 2.45) is 5.92 Å². The van der Waals surface area contributed by atoms with Gasteiger partial charge in [-0.1, -0.05) is 12.1 Å². The number of benzene rings is 1.